The summed E-state index contributed by atoms with van der Waals surface area (Å²) in [4.78, 5) is 0.199. The van der Waals surface area contributed by atoms with Gasteiger partial charge >= 0.3 is 0 Å². The lowest BCUT2D eigenvalue weighted by atomic mass is 9.98. The Bertz CT molecular complexity index is 274. The first-order valence-corrected chi connectivity index (χ1v) is 4.76. The zero-order valence-corrected chi connectivity index (χ0v) is 8.45. The van der Waals surface area contributed by atoms with Crippen LogP contribution in [0.15, 0.2) is 30.3 Å². The third-order valence-electron chi connectivity index (χ3n) is 1.76. The molecule has 0 saturated carbocycles. The maximum atomic E-state index is 8.87. The van der Waals surface area contributed by atoms with Gasteiger partial charge in [-0.15, -0.1) is 0 Å². The summed E-state index contributed by atoms with van der Waals surface area (Å²) >= 11 is 3.42. The second-order valence-corrected chi connectivity index (χ2v) is 4.14. The van der Waals surface area contributed by atoms with Gasteiger partial charge in [0.15, 0.2) is 0 Å². The smallest absolute Gasteiger partial charge is 0.0834 e. The lowest BCUT2D eigenvalue weighted by Gasteiger charge is -2.10. The van der Waals surface area contributed by atoms with Crippen molar-refractivity contribution in [3.05, 3.63) is 35.9 Å². The molecule has 0 fully saturated rings. The van der Waals surface area contributed by atoms with E-state index in [1.54, 1.807) is 0 Å². The molecular formula is C10H10BrN. The molecule has 0 saturated heterocycles. The van der Waals surface area contributed by atoms with Crippen LogP contribution in [0.1, 0.15) is 18.4 Å². The molecule has 2 heteroatoms. The molecule has 1 aromatic rings. The van der Waals surface area contributed by atoms with Crippen LogP contribution < -0.4 is 0 Å². The van der Waals surface area contributed by atoms with Crippen molar-refractivity contribution in [2.24, 2.45) is 0 Å². The molecule has 1 aromatic carbocycles. The largest absolute Gasteiger partial charge is 0.198 e. The average Bonchev–Trinajstić information content (AvgIpc) is 2.07. The van der Waals surface area contributed by atoms with Gasteiger partial charge in [0.25, 0.3) is 0 Å². The summed E-state index contributed by atoms with van der Waals surface area (Å²) in [7, 11) is 0. The van der Waals surface area contributed by atoms with Crippen LogP contribution in [0.5, 0.6) is 0 Å². The third kappa shape index (κ3) is 2.09. The van der Waals surface area contributed by atoms with Gasteiger partial charge in [-0.05, 0) is 5.56 Å². The normalized spacial score (nSPS) is 14.8. The lowest BCUT2D eigenvalue weighted by molar-refractivity contribution is 0.850. The van der Waals surface area contributed by atoms with Crippen molar-refractivity contribution in [3.8, 4) is 6.07 Å². The van der Waals surface area contributed by atoms with E-state index < -0.39 is 0 Å². The van der Waals surface area contributed by atoms with Crippen molar-refractivity contribution in [2.75, 3.05) is 0 Å². The average molecular weight is 224 g/mol. The van der Waals surface area contributed by atoms with Crippen molar-refractivity contribution >= 4 is 15.9 Å². The predicted octanol–water partition coefficient (Wildman–Crippen LogP) is 3.08. The topological polar surface area (TPSA) is 23.8 Å². The van der Waals surface area contributed by atoms with Crippen LogP contribution >= 0.6 is 15.9 Å². The van der Waals surface area contributed by atoms with Gasteiger partial charge in [0.05, 0.1) is 12.0 Å². The minimum absolute atomic E-state index is 0.0498. The molecule has 1 nitrogen and oxygen atoms in total. The van der Waals surface area contributed by atoms with Crippen LogP contribution in [0.4, 0.5) is 0 Å². The summed E-state index contributed by atoms with van der Waals surface area (Å²) < 4.78 is 0. The molecule has 0 aliphatic heterocycles. The quantitative estimate of drug-likeness (QED) is 0.708. The first-order valence-electron chi connectivity index (χ1n) is 3.84. The first kappa shape index (κ1) is 9.28. The van der Waals surface area contributed by atoms with Crippen LogP contribution in [0.25, 0.3) is 0 Å². The fourth-order valence-electron chi connectivity index (χ4n) is 1.10. The molecule has 12 heavy (non-hydrogen) atoms. The Labute approximate surface area is 81.2 Å². The molecule has 0 amide bonds. The molecule has 1 rings (SSSR count). The summed E-state index contributed by atoms with van der Waals surface area (Å²) in [6, 6.07) is 12.1. The van der Waals surface area contributed by atoms with E-state index >= 15 is 0 Å². The first-order chi connectivity index (χ1) is 5.75. The van der Waals surface area contributed by atoms with E-state index in [4.69, 9.17) is 5.26 Å². The maximum absolute atomic E-state index is 8.87. The summed E-state index contributed by atoms with van der Waals surface area (Å²) in [6.07, 6.45) is 0. The number of nitrogens with zero attached hydrogens (tertiary/aromatic N) is 1. The zero-order valence-electron chi connectivity index (χ0n) is 6.87. The van der Waals surface area contributed by atoms with Crippen LogP contribution in [0.2, 0.25) is 0 Å². The van der Waals surface area contributed by atoms with Gasteiger partial charge in [0, 0.05) is 4.83 Å². The number of rotatable bonds is 2. The van der Waals surface area contributed by atoms with Crippen molar-refractivity contribution in [3.63, 3.8) is 0 Å². The van der Waals surface area contributed by atoms with Gasteiger partial charge in [-0.1, -0.05) is 53.2 Å². The molecule has 0 N–H and O–H groups in total. The van der Waals surface area contributed by atoms with Crippen molar-refractivity contribution in [2.45, 2.75) is 17.7 Å². The van der Waals surface area contributed by atoms with Crippen molar-refractivity contribution in [1.29, 1.82) is 5.26 Å². The molecule has 0 heterocycles. The van der Waals surface area contributed by atoms with Gasteiger partial charge in [-0.2, -0.15) is 5.26 Å². The van der Waals surface area contributed by atoms with Gasteiger partial charge in [0.1, 0.15) is 0 Å². The predicted molar refractivity (Wildman–Crippen MR) is 53.2 cm³/mol. The highest BCUT2D eigenvalue weighted by atomic mass is 79.9. The fraction of sp³-hybridized carbons (Fsp3) is 0.300. The monoisotopic (exact) mass is 223 g/mol. The molecule has 0 radical (unpaired) electrons. The molecule has 62 valence electrons. The van der Waals surface area contributed by atoms with E-state index in [0.717, 1.165) is 5.56 Å². The SMILES string of the molecule is CC(Br)C(C#N)c1ccccc1. The highest BCUT2D eigenvalue weighted by molar-refractivity contribution is 9.09. The standard InChI is InChI=1S/C10H10BrN/c1-8(11)10(7-12)9-5-3-2-4-6-9/h2-6,8,10H,1H3. The van der Waals surface area contributed by atoms with Gasteiger partial charge in [-0.3, -0.25) is 0 Å². The molecular weight excluding hydrogens is 214 g/mol. The van der Waals surface area contributed by atoms with Crippen LogP contribution in [-0.2, 0) is 0 Å². The van der Waals surface area contributed by atoms with Gasteiger partial charge < -0.3 is 0 Å². The minimum atomic E-state index is -0.0498. The van der Waals surface area contributed by atoms with Crippen LogP contribution in [0, 0.1) is 11.3 Å². The number of hydrogen-bond acceptors (Lipinski definition) is 1. The second-order valence-electron chi connectivity index (χ2n) is 2.69. The third-order valence-corrected chi connectivity index (χ3v) is 2.29. The highest BCUT2D eigenvalue weighted by Crippen LogP contribution is 2.23. The molecule has 2 atom stereocenters. The molecule has 0 aromatic heterocycles. The van der Waals surface area contributed by atoms with Crippen LogP contribution in [0.3, 0.4) is 0 Å². The number of alkyl halides is 1. The van der Waals surface area contributed by atoms with Crippen molar-refractivity contribution in [1.82, 2.24) is 0 Å². The van der Waals surface area contributed by atoms with Crippen LogP contribution in [-0.4, -0.2) is 4.83 Å². The summed E-state index contributed by atoms with van der Waals surface area (Å²) in [5.41, 5.74) is 1.07. The van der Waals surface area contributed by atoms with E-state index in [9.17, 15) is 0 Å². The van der Waals surface area contributed by atoms with E-state index in [1.165, 1.54) is 0 Å². The summed E-state index contributed by atoms with van der Waals surface area (Å²) in [6.45, 7) is 1.99. The number of benzene rings is 1. The summed E-state index contributed by atoms with van der Waals surface area (Å²) in [5.74, 6) is -0.0498. The minimum Gasteiger partial charge on any atom is -0.198 e. The molecule has 2 unspecified atom stereocenters. The number of halogens is 1. The zero-order chi connectivity index (χ0) is 8.97. The Morgan fingerprint density at radius 2 is 1.92 bits per heavy atom. The molecule has 0 aliphatic rings. The summed E-state index contributed by atoms with van der Waals surface area (Å²) in [5, 5.41) is 8.87. The molecule has 0 aliphatic carbocycles. The highest BCUT2D eigenvalue weighted by Gasteiger charge is 2.14. The number of hydrogen-bond donors (Lipinski definition) is 0. The molecule has 0 spiro atoms. The maximum Gasteiger partial charge on any atom is 0.0834 e. The Kier molecular flexibility index (Phi) is 3.31. The van der Waals surface area contributed by atoms with Crippen molar-refractivity contribution < 1.29 is 0 Å². The van der Waals surface area contributed by atoms with E-state index in [2.05, 4.69) is 22.0 Å². The van der Waals surface area contributed by atoms with E-state index in [-0.39, 0.29) is 10.7 Å². The van der Waals surface area contributed by atoms with E-state index in [1.807, 2.05) is 37.3 Å². The Balaban J connectivity index is 2.90. The Morgan fingerprint density at radius 1 is 1.33 bits per heavy atom. The number of nitriles is 1. The van der Waals surface area contributed by atoms with Gasteiger partial charge in [0.2, 0.25) is 0 Å². The lowest BCUT2D eigenvalue weighted by Crippen LogP contribution is -2.05. The Hall–Kier alpha value is -0.810. The molecule has 0 bridgehead atoms. The fourth-order valence-corrected chi connectivity index (χ4v) is 1.53. The Morgan fingerprint density at radius 3 is 2.33 bits per heavy atom. The van der Waals surface area contributed by atoms with E-state index in [0.29, 0.717) is 0 Å². The van der Waals surface area contributed by atoms with Gasteiger partial charge in [-0.25, -0.2) is 0 Å². The second kappa shape index (κ2) is 4.27.